The van der Waals surface area contributed by atoms with Crippen LogP contribution in [0.1, 0.15) is 35.2 Å². The Morgan fingerprint density at radius 3 is 2.56 bits per heavy atom. The van der Waals surface area contributed by atoms with E-state index in [-0.39, 0.29) is 17.3 Å². The van der Waals surface area contributed by atoms with Gasteiger partial charge >= 0.3 is 0 Å². The van der Waals surface area contributed by atoms with E-state index >= 15 is 0 Å². The molecule has 0 spiro atoms. The fraction of sp³-hybridized carbons (Fsp3) is 0.348. The molecular weight excluding hydrogens is 410 g/mol. The maximum Gasteiger partial charge on any atom is 0.295 e. The van der Waals surface area contributed by atoms with Gasteiger partial charge in [-0.15, -0.1) is 0 Å². The number of aryl methyl sites for hydroxylation is 1. The van der Waals surface area contributed by atoms with Gasteiger partial charge in [0.25, 0.3) is 11.6 Å². The van der Waals surface area contributed by atoms with Gasteiger partial charge in [-0.3, -0.25) is 14.9 Å². The maximum absolute atomic E-state index is 13.0. The normalized spacial score (nSPS) is 14.3. The summed E-state index contributed by atoms with van der Waals surface area (Å²) < 4.78 is 6.52. The maximum atomic E-state index is 13.0. The Bertz CT molecular complexity index is 1070. The van der Waals surface area contributed by atoms with Gasteiger partial charge in [0, 0.05) is 24.7 Å². The van der Waals surface area contributed by atoms with Crippen LogP contribution in [0.4, 0.5) is 5.69 Å². The molecule has 0 atom stereocenters. The third kappa shape index (κ3) is 4.77. The van der Waals surface area contributed by atoms with Crippen LogP contribution in [0, 0.1) is 16.0 Å². The highest BCUT2D eigenvalue weighted by molar-refractivity contribution is 5.95. The second-order valence-corrected chi connectivity index (χ2v) is 7.92. The summed E-state index contributed by atoms with van der Waals surface area (Å²) in [4.78, 5) is 29.6. The molecule has 0 N–H and O–H groups in total. The molecule has 2 aromatic carbocycles. The average molecular weight is 435 g/mol. The minimum atomic E-state index is -0.501. The zero-order valence-electron chi connectivity index (χ0n) is 17.9. The fourth-order valence-electron chi connectivity index (χ4n) is 4.10. The number of benzene rings is 2. The number of hydrogen-bond donors (Lipinski definition) is 0. The van der Waals surface area contributed by atoms with Crippen molar-refractivity contribution in [3.05, 3.63) is 76.4 Å². The van der Waals surface area contributed by atoms with E-state index in [4.69, 9.17) is 4.74 Å². The summed E-state index contributed by atoms with van der Waals surface area (Å²) in [5.74, 6) is 1.24. The molecule has 0 saturated carbocycles. The van der Waals surface area contributed by atoms with Crippen molar-refractivity contribution in [2.24, 2.45) is 5.92 Å². The van der Waals surface area contributed by atoms with Crippen LogP contribution in [0.3, 0.4) is 0 Å². The number of piperidine rings is 1. The van der Waals surface area contributed by atoms with E-state index in [0.717, 1.165) is 31.4 Å². The van der Waals surface area contributed by atoms with E-state index in [1.54, 1.807) is 24.1 Å². The number of amides is 1. The van der Waals surface area contributed by atoms with Crippen molar-refractivity contribution in [2.75, 3.05) is 20.2 Å². The highest BCUT2D eigenvalue weighted by Gasteiger charge is 2.26. The molecule has 32 heavy (non-hydrogen) atoms. The molecular formula is C23H25N5O4. The molecule has 4 rings (SSSR count). The van der Waals surface area contributed by atoms with Crippen molar-refractivity contribution >= 4 is 11.6 Å². The number of ether oxygens (including phenoxy) is 1. The van der Waals surface area contributed by atoms with Crippen molar-refractivity contribution in [2.45, 2.75) is 25.7 Å². The second kappa shape index (κ2) is 9.59. The molecule has 166 valence electrons. The van der Waals surface area contributed by atoms with Gasteiger partial charge in [-0.25, -0.2) is 9.67 Å². The van der Waals surface area contributed by atoms with Gasteiger partial charge in [-0.2, -0.15) is 5.10 Å². The van der Waals surface area contributed by atoms with Gasteiger partial charge in [-0.1, -0.05) is 12.1 Å². The van der Waals surface area contributed by atoms with Crippen LogP contribution in [-0.2, 0) is 6.42 Å². The lowest BCUT2D eigenvalue weighted by molar-refractivity contribution is -0.384. The highest BCUT2D eigenvalue weighted by Crippen LogP contribution is 2.27. The molecule has 9 heteroatoms. The summed E-state index contributed by atoms with van der Waals surface area (Å²) in [5.41, 5.74) is 1.71. The molecule has 0 unspecified atom stereocenters. The van der Waals surface area contributed by atoms with Crippen LogP contribution in [0.25, 0.3) is 5.69 Å². The van der Waals surface area contributed by atoms with Crippen LogP contribution in [-0.4, -0.2) is 50.7 Å². The molecule has 9 nitrogen and oxygen atoms in total. The van der Waals surface area contributed by atoms with Crippen LogP contribution in [0.2, 0.25) is 0 Å². The van der Waals surface area contributed by atoms with Crippen molar-refractivity contribution in [1.29, 1.82) is 0 Å². The number of likely N-dealkylation sites (tertiary alicyclic amines) is 1. The lowest BCUT2D eigenvalue weighted by Gasteiger charge is -2.32. The largest absolute Gasteiger partial charge is 0.497 e. The topological polar surface area (TPSA) is 103 Å². The van der Waals surface area contributed by atoms with E-state index in [1.807, 2.05) is 12.1 Å². The molecule has 1 amide bonds. The predicted octanol–water partition coefficient (Wildman–Crippen LogP) is 3.67. The summed E-state index contributed by atoms with van der Waals surface area (Å²) in [7, 11) is 1.66. The van der Waals surface area contributed by atoms with Crippen LogP contribution < -0.4 is 4.74 Å². The Hall–Kier alpha value is -3.75. The van der Waals surface area contributed by atoms with Crippen LogP contribution >= 0.6 is 0 Å². The Kier molecular flexibility index (Phi) is 6.44. The van der Waals surface area contributed by atoms with Gasteiger partial charge in [-0.05, 0) is 61.4 Å². The molecule has 1 fully saturated rings. The molecule has 1 aromatic heterocycles. The van der Waals surface area contributed by atoms with Gasteiger partial charge in [0.2, 0.25) is 0 Å². The molecule has 1 saturated heterocycles. The first-order valence-electron chi connectivity index (χ1n) is 10.6. The number of hydrogen-bond acceptors (Lipinski definition) is 6. The fourth-order valence-corrected chi connectivity index (χ4v) is 4.10. The predicted molar refractivity (Wildman–Crippen MR) is 118 cm³/mol. The Balaban J connectivity index is 1.35. The molecule has 0 radical (unpaired) electrons. The Morgan fingerprint density at radius 1 is 1.19 bits per heavy atom. The molecule has 0 bridgehead atoms. The van der Waals surface area contributed by atoms with Crippen LogP contribution in [0.15, 0.2) is 55.1 Å². The number of methoxy groups -OCH3 is 1. The second-order valence-electron chi connectivity index (χ2n) is 7.92. The minimum absolute atomic E-state index is 0.171. The smallest absolute Gasteiger partial charge is 0.295 e. The lowest BCUT2D eigenvalue weighted by Crippen LogP contribution is -2.38. The Labute approximate surface area is 185 Å². The highest BCUT2D eigenvalue weighted by atomic mass is 16.6. The zero-order chi connectivity index (χ0) is 22.5. The molecule has 1 aliphatic rings. The monoisotopic (exact) mass is 435 g/mol. The van der Waals surface area contributed by atoms with Gasteiger partial charge in [0.1, 0.15) is 24.1 Å². The van der Waals surface area contributed by atoms with E-state index < -0.39 is 4.92 Å². The molecule has 1 aliphatic heterocycles. The van der Waals surface area contributed by atoms with Crippen molar-refractivity contribution in [3.8, 4) is 11.4 Å². The number of nitro benzene ring substituents is 1. The first-order chi connectivity index (χ1) is 15.5. The summed E-state index contributed by atoms with van der Waals surface area (Å²) in [6, 6.07) is 12.6. The number of carbonyl (C=O) groups is 1. The van der Waals surface area contributed by atoms with E-state index in [1.165, 1.54) is 29.0 Å². The van der Waals surface area contributed by atoms with Crippen molar-refractivity contribution in [3.63, 3.8) is 0 Å². The standard InChI is InChI=1S/C23H25N5O4/c1-32-20-7-4-17(5-8-20)2-3-18-10-12-26(13-11-18)23(29)19-6-9-21(22(14-19)28(30)31)27-16-24-15-25-27/h4-9,14-16,18H,2-3,10-13H2,1H3. The van der Waals surface area contributed by atoms with E-state index in [0.29, 0.717) is 24.6 Å². The van der Waals surface area contributed by atoms with Crippen molar-refractivity contribution < 1.29 is 14.5 Å². The summed E-state index contributed by atoms with van der Waals surface area (Å²) in [6.07, 6.45) is 6.63. The lowest BCUT2D eigenvalue weighted by atomic mass is 9.90. The summed E-state index contributed by atoms with van der Waals surface area (Å²) in [5, 5.41) is 15.5. The van der Waals surface area contributed by atoms with Gasteiger partial charge in [0.15, 0.2) is 0 Å². The number of aromatic nitrogens is 3. The number of rotatable bonds is 7. The summed E-state index contributed by atoms with van der Waals surface area (Å²) >= 11 is 0. The quantitative estimate of drug-likeness (QED) is 0.414. The SMILES string of the molecule is COc1ccc(CCC2CCN(C(=O)c3ccc(-n4cncn4)c([N+](=O)[O-])c3)CC2)cc1. The zero-order valence-corrected chi connectivity index (χ0v) is 17.9. The van der Waals surface area contributed by atoms with E-state index in [2.05, 4.69) is 22.2 Å². The first kappa shape index (κ1) is 21.5. The number of nitro groups is 1. The molecule has 3 aromatic rings. The van der Waals surface area contributed by atoms with Crippen LogP contribution in [0.5, 0.6) is 5.75 Å². The number of nitrogens with zero attached hydrogens (tertiary/aromatic N) is 5. The Morgan fingerprint density at radius 2 is 1.94 bits per heavy atom. The van der Waals surface area contributed by atoms with Crippen molar-refractivity contribution in [1.82, 2.24) is 19.7 Å². The third-order valence-corrected chi connectivity index (χ3v) is 5.99. The summed E-state index contributed by atoms with van der Waals surface area (Å²) in [6.45, 7) is 1.31. The third-order valence-electron chi connectivity index (χ3n) is 5.99. The minimum Gasteiger partial charge on any atom is -0.497 e. The molecule has 2 heterocycles. The first-order valence-corrected chi connectivity index (χ1v) is 10.6. The van der Waals surface area contributed by atoms with Gasteiger partial charge in [0.05, 0.1) is 12.0 Å². The van der Waals surface area contributed by atoms with Gasteiger partial charge < -0.3 is 9.64 Å². The van der Waals surface area contributed by atoms with E-state index in [9.17, 15) is 14.9 Å². The molecule has 0 aliphatic carbocycles. The average Bonchev–Trinajstić information content (AvgIpc) is 3.37. The number of carbonyl (C=O) groups excluding carboxylic acids is 1.